The Morgan fingerprint density at radius 1 is 1.32 bits per heavy atom. The first-order valence-electron chi connectivity index (χ1n) is 7.16. The van der Waals surface area contributed by atoms with Crippen molar-refractivity contribution in [3.8, 4) is 0 Å². The van der Waals surface area contributed by atoms with Crippen molar-refractivity contribution >= 4 is 28.7 Å². The Morgan fingerprint density at radius 3 is 2.64 bits per heavy atom. The molecule has 0 aromatic carbocycles. The van der Waals surface area contributed by atoms with Crippen LogP contribution in [0.15, 0.2) is 34.3 Å². The zero-order valence-corrected chi connectivity index (χ0v) is 14.6. The maximum atomic E-state index is 12.1. The second kappa shape index (κ2) is 7.26. The van der Waals surface area contributed by atoms with E-state index in [1.165, 1.54) is 11.3 Å². The van der Waals surface area contributed by atoms with E-state index in [1.54, 1.807) is 11.3 Å². The number of carbonyl (C=O) groups excluding carboxylic acids is 1. The van der Waals surface area contributed by atoms with Crippen LogP contribution >= 0.6 is 22.7 Å². The number of urea groups is 1. The van der Waals surface area contributed by atoms with Crippen LogP contribution in [0.3, 0.4) is 0 Å². The van der Waals surface area contributed by atoms with Gasteiger partial charge in [0.1, 0.15) is 0 Å². The highest BCUT2D eigenvalue weighted by Gasteiger charge is 2.28. The molecule has 3 N–H and O–H groups in total. The molecule has 2 aromatic heterocycles. The molecule has 2 heterocycles. The van der Waals surface area contributed by atoms with Crippen LogP contribution in [0.2, 0.25) is 0 Å². The third-order valence-corrected chi connectivity index (χ3v) is 4.99. The van der Waals surface area contributed by atoms with E-state index < -0.39 is 6.10 Å². The van der Waals surface area contributed by atoms with E-state index >= 15 is 0 Å². The molecule has 0 saturated heterocycles. The number of thiophene rings is 2. The van der Waals surface area contributed by atoms with E-state index in [4.69, 9.17) is 0 Å². The molecular formula is C16H22N2O2S2. The largest absolute Gasteiger partial charge is 0.387 e. The van der Waals surface area contributed by atoms with Crippen molar-refractivity contribution in [3.63, 3.8) is 0 Å². The highest BCUT2D eigenvalue weighted by Crippen LogP contribution is 2.34. The molecule has 0 saturated carbocycles. The third kappa shape index (κ3) is 4.56. The van der Waals surface area contributed by atoms with Gasteiger partial charge >= 0.3 is 6.03 Å². The Kier molecular flexibility index (Phi) is 5.61. The van der Waals surface area contributed by atoms with Crippen LogP contribution in [0, 0.1) is 5.41 Å². The van der Waals surface area contributed by atoms with Gasteiger partial charge in [0.2, 0.25) is 0 Å². The van der Waals surface area contributed by atoms with E-state index in [0.29, 0.717) is 0 Å². The van der Waals surface area contributed by atoms with Crippen LogP contribution in [0.1, 0.15) is 43.4 Å². The molecule has 0 spiro atoms. The summed E-state index contributed by atoms with van der Waals surface area (Å²) in [6.07, 6.45) is -0.674. The minimum Gasteiger partial charge on any atom is -0.387 e. The monoisotopic (exact) mass is 338 g/mol. The minimum atomic E-state index is -0.674. The van der Waals surface area contributed by atoms with Gasteiger partial charge in [-0.1, -0.05) is 26.8 Å². The molecule has 0 aliphatic heterocycles. The molecular weight excluding hydrogens is 316 g/mol. The average Bonchev–Trinajstić information content (AvgIpc) is 3.12. The van der Waals surface area contributed by atoms with E-state index in [2.05, 4.69) is 31.4 Å². The van der Waals surface area contributed by atoms with Crippen molar-refractivity contribution in [2.75, 3.05) is 6.54 Å². The highest BCUT2D eigenvalue weighted by atomic mass is 32.1. The summed E-state index contributed by atoms with van der Waals surface area (Å²) in [5.41, 5.74) is 0.740. The number of rotatable bonds is 5. The molecule has 2 rings (SSSR count). The lowest BCUT2D eigenvalue weighted by Gasteiger charge is -2.31. The Morgan fingerprint density at radius 2 is 2.09 bits per heavy atom. The summed E-state index contributed by atoms with van der Waals surface area (Å²) in [4.78, 5) is 13.3. The van der Waals surface area contributed by atoms with Gasteiger partial charge in [-0.3, -0.25) is 0 Å². The predicted octanol–water partition coefficient (Wildman–Crippen LogP) is 3.93. The van der Waals surface area contributed by atoms with Gasteiger partial charge in [0.05, 0.1) is 12.1 Å². The normalized spacial score (nSPS) is 14.4. The van der Waals surface area contributed by atoms with Gasteiger partial charge in [-0.05, 0) is 39.3 Å². The molecule has 6 heteroatoms. The Labute approximate surface area is 139 Å². The lowest BCUT2D eigenvalue weighted by molar-refractivity contribution is 0.170. The van der Waals surface area contributed by atoms with Gasteiger partial charge in [-0.25, -0.2) is 4.79 Å². The van der Waals surface area contributed by atoms with Crippen LogP contribution in [-0.4, -0.2) is 17.7 Å². The van der Waals surface area contributed by atoms with Crippen LogP contribution in [0.5, 0.6) is 0 Å². The topological polar surface area (TPSA) is 61.4 Å². The summed E-state index contributed by atoms with van der Waals surface area (Å²) in [6.45, 7) is 6.48. The van der Waals surface area contributed by atoms with E-state index in [9.17, 15) is 9.90 Å². The van der Waals surface area contributed by atoms with Gasteiger partial charge < -0.3 is 15.7 Å². The Hall–Kier alpha value is -1.37. The fraction of sp³-hybridized carbons (Fsp3) is 0.438. The lowest BCUT2D eigenvalue weighted by Crippen LogP contribution is -2.43. The molecule has 120 valence electrons. The number of hydrogen-bond donors (Lipinski definition) is 3. The zero-order valence-electron chi connectivity index (χ0n) is 13.0. The smallest absolute Gasteiger partial charge is 0.315 e. The SMILES string of the molecule is CC(C)(C)C(NC(=O)NCC(O)c1ccsc1)c1cccs1. The van der Waals surface area contributed by atoms with Crippen LogP contribution in [-0.2, 0) is 0 Å². The molecule has 2 aromatic rings. The quantitative estimate of drug-likeness (QED) is 0.773. The Balaban J connectivity index is 1.92. The van der Waals surface area contributed by atoms with Crippen molar-refractivity contribution in [1.29, 1.82) is 0 Å². The van der Waals surface area contributed by atoms with Crippen molar-refractivity contribution < 1.29 is 9.90 Å². The standard InChI is InChI=1S/C16H22N2O2S2/c1-16(2,3)14(13-5-4-7-22-13)18-15(20)17-9-12(19)11-6-8-21-10-11/h4-8,10,12,14,19H,9H2,1-3H3,(H2,17,18,20). The average molecular weight is 338 g/mol. The lowest BCUT2D eigenvalue weighted by atomic mass is 9.86. The molecule has 0 aliphatic rings. The van der Waals surface area contributed by atoms with E-state index in [1.807, 2.05) is 34.3 Å². The third-order valence-electron chi connectivity index (χ3n) is 3.35. The summed E-state index contributed by atoms with van der Waals surface area (Å²) < 4.78 is 0. The molecule has 0 fully saturated rings. The Bertz CT molecular complexity index is 574. The second-order valence-corrected chi connectivity index (χ2v) is 8.00. The number of carbonyl (C=O) groups is 1. The zero-order chi connectivity index (χ0) is 16.2. The molecule has 0 bridgehead atoms. The summed E-state index contributed by atoms with van der Waals surface area (Å²) in [7, 11) is 0. The number of aliphatic hydroxyl groups excluding tert-OH is 1. The first-order valence-corrected chi connectivity index (χ1v) is 8.98. The molecule has 0 radical (unpaired) electrons. The molecule has 22 heavy (non-hydrogen) atoms. The number of hydrogen-bond acceptors (Lipinski definition) is 4. The fourth-order valence-electron chi connectivity index (χ4n) is 2.12. The summed E-state index contributed by atoms with van der Waals surface area (Å²) in [6, 6.07) is 5.55. The predicted molar refractivity (Wildman–Crippen MR) is 92.3 cm³/mol. The molecule has 2 amide bonds. The van der Waals surface area contributed by atoms with Crippen molar-refractivity contribution in [1.82, 2.24) is 10.6 Å². The first kappa shape index (κ1) is 17.0. The van der Waals surface area contributed by atoms with Crippen LogP contribution in [0.4, 0.5) is 4.79 Å². The molecule has 2 atom stereocenters. The number of amides is 2. The highest BCUT2D eigenvalue weighted by molar-refractivity contribution is 7.10. The van der Waals surface area contributed by atoms with Crippen molar-refractivity contribution in [2.24, 2.45) is 5.41 Å². The van der Waals surface area contributed by atoms with E-state index in [-0.39, 0.29) is 24.0 Å². The molecule has 0 aliphatic carbocycles. The maximum Gasteiger partial charge on any atom is 0.315 e. The number of nitrogens with one attached hydrogen (secondary N) is 2. The minimum absolute atomic E-state index is 0.0641. The summed E-state index contributed by atoms with van der Waals surface area (Å²) >= 11 is 3.16. The van der Waals surface area contributed by atoms with Gasteiger partial charge in [-0.2, -0.15) is 11.3 Å². The van der Waals surface area contributed by atoms with Gasteiger partial charge in [0, 0.05) is 11.4 Å². The summed E-state index contributed by atoms with van der Waals surface area (Å²) in [5.74, 6) is 0. The number of aliphatic hydroxyl groups is 1. The fourth-order valence-corrected chi connectivity index (χ4v) is 3.85. The molecule has 2 unspecified atom stereocenters. The van der Waals surface area contributed by atoms with Gasteiger partial charge in [0.15, 0.2) is 0 Å². The van der Waals surface area contributed by atoms with Crippen molar-refractivity contribution in [2.45, 2.75) is 32.9 Å². The maximum absolute atomic E-state index is 12.1. The van der Waals surface area contributed by atoms with E-state index in [0.717, 1.165) is 10.4 Å². The second-order valence-electron chi connectivity index (χ2n) is 6.24. The van der Waals surface area contributed by atoms with Crippen LogP contribution in [0.25, 0.3) is 0 Å². The van der Waals surface area contributed by atoms with Gasteiger partial charge in [0.25, 0.3) is 0 Å². The summed E-state index contributed by atoms with van der Waals surface area (Å²) in [5, 5.41) is 21.6. The van der Waals surface area contributed by atoms with Gasteiger partial charge in [-0.15, -0.1) is 11.3 Å². The van der Waals surface area contributed by atoms with Crippen molar-refractivity contribution in [3.05, 3.63) is 44.8 Å². The molecule has 4 nitrogen and oxygen atoms in total. The van der Waals surface area contributed by atoms with Crippen LogP contribution < -0.4 is 10.6 Å². The first-order chi connectivity index (χ1) is 10.4.